The van der Waals surface area contributed by atoms with E-state index >= 15 is 0 Å². The molecule has 1 saturated heterocycles. The molecule has 1 heterocycles. The van der Waals surface area contributed by atoms with Crippen molar-refractivity contribution in [1.82, 2.24) is 4.90 Å². The summed E-state index contributed by atoms with van der Waals surface area (Å²) in [5.41, 5.74) is 1.14. The molecule has 1 atom stereocenters. The molecule has 1 fully saturated rings. The third-order valence-electron chi connectivity index (χ3n) is 3.59. The quantitative estimate of drug-likeness (QED) is 0.697. The highest BCUT2D eigenvalue weighted by molar-refractivity contribution is 7.99. The first-order chi connectivity index (χ1) is 9.72. The number of rotatable bonds is 6. The Kier molecular flexibility index (Phi) is 6.24. The van der Waals surface area contributed by atoms with Crippen molar-refractivity contribution in [2.45, 2.75) is 44.4 Å². The number of unbranched alkanes of at least 4 members (excludes halogenated alkanes) is 3. The summed E-state index contributed by atoms with van der Waals surface area (Å²) in [7, 11) is 0. The molecule has 0 aromatic heterocycles. The third kappa shape index (κ3) is 4.16. The second-order valence-corrected chi connectivity index (χ2v) is 6.80. The van der Waals surface area contributed by atoms with E-state index in [-0.39, 0.29) is 11.3 Å². The zero-order valence-corrected chi connectivity index (χ0v) is 13.6. The van der Waals surface area contributed by atoms with Gasteiger partial charge in [0.25, 0.3) is 0 Å². The van der Waals surface area contributed by atoms with Crippen LogP contribution in [0.4, 0.5) is 0 Å². The van der Waals surface area contributed by atoms with Gasteiger partial charge in [-0.05, 0) is 24.1 Å². The molecule has 2 rings (SSSR count). The fourth-order valence-electron chi connectivity index (χ4n) is 2.51. The topological polar surface area (TPSA) is 20.3 Å². The second kappa shape index (κ2) is 7.94. The van der Waals surface area contributed by atoms with Crippen LogP contribution in [0.25, 0.3) is 0 Å². The molecular formula is C16H22ClNOS. The molecular weight excluding hydrogens is 290 g/mol. The van der Waals surface area contributed by atoms with Crippen molar-refractivity contribution in [2.75, 3.05) is 12.3 Å². The van der Waals surface area contributed by atoms with E-state index < -0.39 is 0 Å². The van der Waals surface area contributed by atoms with Crippen molar-refractivity contribution in [3.05, 3.63) is 34.9 Å². The summed E-state index contributed by atoms with van der Waals surface area (Å²) in [6, 6.07) is 7.87. The molecule has 1 unspecified atom stereocenters. The fourth-order valence-corrected chi connectivity index (χ4v) is 3.97. The van der Waals surface area contributed by atoms with E-state index in [2.05, 4.69) is 13.0 Å². The van der Waals surface area contributed by atoms with Crippen molar-refractivity contribution in [3.63, 3.8) is 0 Å². The van der Waals surface area contributed by atoms with Crippen molar-refractivity contribution in [3.8, 4) is 0 Å². The number of halogens is 1. The van der Waals surface area contributed by atoms with Crippen molar-refractivity contribution >= 4 is 29.3 Å². The number of carbonyl (C=O) groups is 1. The highest BCUT2D eigenvalue weighted by Crippen LogP contribution is 2.39. The molecule has 0 bridgehead atoms. The van der Waals surface area contributed by atoms with E-state index in [4.69, 9.17) is 11.6 Å². The zero-order chi connectivity index (χ0) is 14.4. The van der Waals surface area contributed by atoms with Gasteiger partial charge in [0.15, 0.2) is 0 Å². The van der Waals surface area contributed by atoms with Gasteiger partial charge in [0.2, 0.25) is 5.91 Å². The molecule has 0 radical (unpaired) electrons. The SMILES string of the molecule is CCCCCCC(=O)N1CCSC1c1cccc(Cl)c1. The molecule has 0 spiro atoms. The van der Waals surface area contributed by atoms with Crippen LogP contribution in [0, 0.1) is 0 Å². The number of thioether (sulfide) groups is 1. The van der Waals surface area contributed by atoms with Gasteiger partial charge in [-0.2, -0.15) is 0 Å². The first-order valence-corrected chi connectivity index (χ1v) is 8.81. The molecule has 20 heavy (non-hydrogen) atoms. The number of nitrogens with zero attached hydrogens (tertiary/aromatic N) is 1. The molecule has 1 aromatic rings. The molecule has 110 valence electrons. The minimum atomic E-state index is 0.146. The van der Waals surface area contributed by atoms with Crippen LogP contribution in [-0.4, -0.2) is 23.1 Å². The van der Waals surface area contributed by atoms with Gasteiger partial charge in [-0.3, -0.25) is 4.79 Å². The first kappa shape index (κ1) is 15.7. The lowest BCUT2D eigenvalue weighted by molar-refractivity contribution is -0.131. The zero-order valence-electron chi connectivity index (χ0n) is 12.0. The number of hydrogen-bond acceptors (Lipinski definition) is 2. The van der Waals surface area contributed by atoms with Crippen molar-refractivity contribution in [2.24, 2.45) is 0 Å². The summed E-state index contributed by atoms with van der Waals surface area (Å²) in [6.45, 7) is 3.04. The van der Waals surface area contributed by atoms with Crippen LogP contribution in [0.2, 0.25) is 5.02 Å². The molecule has 1 aliphatic rings. The van der Waals surface area contributed by atoms with E-state index in [1.807, 2.05) is 34.9 Å². The van der Waals surface area contributed by atoms with Gasteiger partial charge in [0.1, 0.15) is 5.37 Å². The Bertz CT molecular complexity index is 452. The summed E-state index contributed by atoms with van der Waals surface area (Å²) in [4.78, 5) is 14.4. The van der Waals surface area contributed by atoms with E-state index in [0.717, 1.165) is 35.7 Å². The Morgan fingerprint density at radius 1 is 1.40 bits per heavy atom. The maximum atomic E-state index is 12.4. The summed E-state index contributed by atoms with van der Waals surface area (Å²) >= 11 is 7.89. The number of benzene rings is 1. The highest BCUT2D eigenvalue weighted by atomic mass is 35.5. The Balaban J connectivity index is 1.95. The van der Waals surface area contributed by atoms with Crippen LogP contribution in [0.1, 0.15) is 50.0 Å². The summed E-state index contributed by atoms with van der Waals surface area (Å²) in [6.07, 6.45) is 5.28. The molecule has 4 heteroatoms. The molecule has 0 saturated carbocycles. The molecule has 2 nitrogen and oxygen atoms in total. The molecule has 0 N–H and O–H groups in total. The van der Waals surface area contributed by atoms with E-state index in [9.17, 15) is 4.79 Å². The van der Waals surface area contributed by atoms with Crippen LogP contribution in [0.15, 0.2) is 24.3 Å². The predicted molar refractivity (Wildman–Crippen MR) is 87.1 cm³/mol. The standard InChI is InChI=1S/C16H22ClNOS/c1-2-3-4-5-9-15(19)18-10-11-20-16(18)13-7-6-8-14(17)12-13/h6-8,12,16H,2-5,9-11H2,1H3. The summed E-state index contributed by atoms with van der Waals surface area (Å²) < 4.78 is 0. The Labute approximate surface area is 130 Å². The lowest BCUT2D eigenvalue weighted by Crippen LogP contribution is -2.30. The lowest BCUT2D eigenvalue weighted by atomic mass is 10.1. The predicted octanol–water partition coefficient (Wildman–Crippen LogP) is 4.88. The normalized spacial score (nSPS) is 18.5. The van der Waals surface area contributed by atoms with Gasteiger partial charge in [0, 0.05) is 23.7 Å². The van der Waals surface area contributed by atoms with Crippen molar-refractivity contribution in [1.29, 1.82) is 0 Å². The maximum absolute atomic E-state index is 12.4. The molecule has 0 aliphatic carbocycles. The number of hydrogen-bond donors (Lipinski definition) is 0. The second-order valence-electron chi connectivity index (χ2n) is 5.18. The van der Waals surface area contributed by atoms with Gasteiger partial charge in [-0.15, -0.1) is 11.8 Å². The Morgan fingerprint density at radius 2 is 2.25 bits per heavy atom. The number of amides is 1. The Morgan fingerprint density at radius 3 is 3.00 bits per heavy atom. The number of carbonyl (C=O) groups excluding carboxylic acids is 1. The van der Waals surface area contributed by atoms with Crippen LogP contribution in [-0.2, 0) is 4.79 Å². The minimum Gasteiger partial charge on any atom is -0.326 e. The van der Waals surface area contributed by atoms with E-state index in [0.29, 0.717) is 6.42 Å². The van der Waals surface area contributed by atoms with Gasteiger partial charge >= 0.3 is 0 Å². The third-order valence-corrected chi connectivity index (χ3v) is 5.09. The largest absolute Gasteiger partial charge is 0.326 e. The van der Waals surface area contributed by atoms with Crippen LogP contribution in [0.3, 0.4) is 0 Å². The van der Waals surface area contributed by atoms with Crippen LogP contribution >= 0.6 is 23.4 Å². The van der Waals surface area contributed by atoms with E-state index in [1.165, 1.54) is 12.8 Å². The summed E-state index contributed by atoms with van der Waals surface area (Å²) in [5.74, 6) is 1.30. The van der Waals surface area contributed by atoms with Crippen LogP contribution < -0.4 is 0 Å². The molecule has 1 amide bonds. The van der Waals surface area contributed by atoms with Gasteiger partial charge < -0.3 is 4.90 Å². The average molecular weight is 312 g/mol. The average Bonchev–Trinajstić information content (AvgIpc) is 2.93. The highest BCUT2D eigenvalue weighted by Gasteiger charge is 2.30. The van der Waals surface area contributed by atoms with Crippen molar-refractivity contribution < 1.29 is 4.79 Å². The molecule has 1 aliphatic heterocycles. The smallest absolute Gasteiger partial charge is 0.223 e. The lowest BCUT2D eigenvalue weighted by Gasteiger charge is -2.24. The first-order valence-electron chi connectivity index (χ1n) is 7.39. The maximum Gasteiger partial charge on any atom is 0.223 e. The molecule has 1 aromatic carbocycles. The van der Waals surface area contributed by atoms with Crippen LogP contribution in [0.5, 0.6) is 0 Å². The monoisotopic (exact) mass is 311 g/mol. The Hall–Kier alpha value is -0.670. The van der Waals surface area contributed by atoms with Gasteiger partial charge in [-0.25, -0.2) is 0 Å². The fraction of sp³-hybridized carbons (Fsp3) is 0.562. The van der Waals surface area contributed by atoms with Gasteiger partial charge in [0.05, 0.1) is 0 Å². The summed E-state index contributed by atoms with van der Waals surface area (Å²) in [5, 5.41) is 0.887. The van der Waals surface area contributed by atoms with E-state index in [1.54, 1.807) is 0 Å². The van der Waals surface area contributed by atoms with Gasteiger partial charge in [-0.1, -0.05) is 49.9 Å². The minimum absolute atomic E-state index is 0.146.